The molecule has 1 N–H and O–H groups in total. The number of halogens is 1. The highest BCUT2D eigenvalue weighted by molar-refractivity contribution is 6.32. The number of ether oxygens (including phenoxy) is 2. The van der Waals surface area contributed by atoms with Crippen LogP contribution in [-0.4, -0.2) is 39.5 Å². The fourth-order valence-corrected chi connectivity index (χ4v) is 2.76. The molecule has 112 valence electrons. The van der Waals surface area contributed by atoms with Crippen LogP contribution in [0.15, 0.2) is 12.1 Å². The average Bonchev–Trinajstić information content (AvgIpc) is 2.47. The van der Waals surface area contributed by atoms with Crippen molar-refractivity contribution in [3.8, 4) is 5.75 Å². The first kappa shape index (κ1) is 15.6. The van der Waals surface area contributed by atoms with Crippen molar-refractivity contribution >= 4 is 11.6 Å². The summed E-state index contributed by atoms with van der Waals surface area (Å²) in [6.45, 7) is 10.1. The van der Waals surface area contributed by atoms with Crippen LogP contribution in [0.4, 0.5) is 0 Å². The van der Waals surface area contributed by atoms with Crippen molar-refractivity contribution < 1.29 is 14.4 Å². The molecule has 0 bridgehead atoms. The van der Waals surface area contributed by atoms with Crippen LogP contribution in [0, 0.1) is 13.8 Å². The normalized spacial score (nSPS) is 16.4. The molecule has 0 unspecified atom stereocenters. The summed E-state index contributed by atoms with van der Waals surface area (Å²) in [6, 6.07) is 4.10. The van der Waals surface area contributed by atoms with Crippen LogP contribution in [0.25, 0.3) is 0 Å². The van der Waals surface area contributed by atoms with Gasteiger partial charge in [-0.15, -0.1) is 0 Å². The highest BCUT2D eigenvalue weighted by atomic mass is 35.5. The summed E-state index contributed by atoms with van der Waals surface area (Å²) in [5, 5.41) is 0.754. The van der Waals surface area contributed by atoms with E-state index in [9.17, 15) is 0 Å². The van der Waals surface area contributed by atoms with Crippen LogP contribution < -0.4 is 9.64 Å². The maximum absolute atomic E-state index is 6.29. The Morgan fingerprint density at radius 2 is 1.85 bits per heavy atom. The Hall–Kier alpha value is -0.770. The lowest BCUT2D eigenvalue weighted by Crippen LogP contribution is -3.14. The second kappa shape index (κ2) is 7.87. The summed E-state index contributed by atoms with van der Waals surface area (Å²) in [4.78, 5) is 1.65. The predicted molar refractivity (Wildman–Crippen MR) is 82.0 cm³/mol. The Labute approximate surface area is 126 Å². The molecule has 20 heavy (non-hydrogen) atoms. The van der Waals surface area contributed by atoms with Crippen molar-refractivity contribution in [3.05, 3.63) is 28.3 Å². The summed E-state index contributed by atoms with van der Waals surface area (Å²) in [7, 11) is 0. The lowest BCUT2D eigenvalue weighted by molar-refractivity contribution is -0.908. The van der Waals surface area contributed by atoms with E-state index in [2.05, 4.69) is 6.07 Å². The van der Waals surface area contributed by atoms with Crippen molar-refractivity contribution in [2.45, 2.75) is 26.7 Å². The number of hydrogen-bond acceptors (Lipinski definition) is 2. The third-order valence-electron chi connectivity index (χ3n) is 3.86. The van der Waals surface area contributed by atoms with Gasteiger partial charge in [-0.2, -0.15) is 0 Å². The van der Waals surface area contributed by atoms with Crippen LogP contribution in [0.5, 0.6) is 5.75 Å². The van der Waals surface area contributed by atoms with E-state index in [1.54, 1.807) is 4.90 Å². The molecule has 1 aliphatic heterocycles. The molecular formula is C16H25ClNO2+. The molecule has 2 rings (SSSR count). The summed E-state index contributed by atoms with van der Waals surface area (Å²) in [5.74, 6) is 0.852. The molecule has 1 fully saturated rings. The first-order valence-corrected chi connectivity index (χ1v) is 7.86. The van der Waals surface area contributed by atoms with Gasteiger partial charge in [-0.25, -0.2) is 0 Å². The Morgan fingerprint density at radius 1 is 1.15 bits per heavy atom. The average molecular weight is 299 g/mol. The van der Waals surface area contributed by atoms with Gasteiger partial charge in [-0.1, -0.05) is 23.7 Å². The Kier molecular flexibility index (Phi) is 6.14. The van der Waals surface area contributed by atoms with Crippen LogP contribution in [0.2, 0.25) is 5.02 Å². The maximum atomic E-state index is 6.29. The van der Waals surface area contributed by atoms with E-state index in [1.807, 2.05) is 19.9 Å². The first-order chi connectivity index (χ1) is 9.68. The minimum atomic E-state index is 0.744. The molecule has 1 heterocycles. The Morgan fingerprint density at radius 3 is 2.60 bits per heavy atom. The zero-order valence-corrected chi connectivity index (χ0v) is 13.3. The second-order valence-corrected chi connectivity index (χ2v) is 5.89. The molecule has 1 aliphatic rings. The first-order valence-electron chi connectivity index (χ1n) is 7.48. The lowest BCUT2D eigenvalue weighted by atomic mass is 10.1. The van der Waals surface area contributed by atoms with Crippen molar-refractivity contribution in [2.75, 3.05) is 39.5 Å². The molecule has 3 nitrogen and oxygen atoms in total. The number of hydrogen-bond donors (Lipinski definition) is 1. The third kappa shape index (κ3) is 4.37. The van der Waals surface area contributed by atoms with Crippen molar-refractivity contribution in [3.63, 3.8) is 0 Å². The van der Waals surface area contributed by atoms with Gasteiger partial charge in [0.25, 0.3) is 0 Å². The van der Waals surface area contributed by atoms with Crippen LogP contribution >= 0.6 is 11.6 Å². The number of aryl methyl sites for hydroxylation is 2. The Bertz CT molecular complexity index is 431. The number of morpholine rings is 1. The largest absolute Gasteiger partial charge is 0.492 e. The fraction of sp³-hybridized carbons (Fsp3) is 0.625. The standard InChI is InChI=1S/C16H24ClNO2/c1-13-5-6-14(2)16(15(13)17)20-10-4-3-7-18-8-11-19-12-9-18/h5-6H,3-4,7-12H2,1-2H3/p+1. The van der Waals surface area contributed by atoms with Crippen molar-refractivity contribution in [2.24, 2.45) is 0 Å². The number of unbranched alkanes of at least 4 members (excludes halogenated alkanes) is 1. The molecule has 0 aliphatic carbocycles. The van der Waals surface area contributed by atoms with Gasteiger partial charge in [0, 0.05) is 0 Å². The minimum absolute atomic E-state index is 0.744. The van der Waals surface area contributed by atoms with Crippen molar-refractivity contribution in [1.29, 1.82) is 0 Å². The lowest BCUT2D eigenvalue weighted by Gasteiger charge is -2.23. The maximum Gasteiger partial charge on any atom is 0.141 e. The second-order valence-electron chi connectivity index (χ2n) is 5.51. The van der Waals surface area contributed by atoms with Crippen LogP contribution in [0.1, 0.15) is 24.0 Å². The topological polar surface area (TPSA) is 22.9 Å². The SMILES string of the molecule is Cc1ccc(C)c(OCCCC[NH+]2CCOCC2)c1Cl. The van der Waals surface area contributed by atoms with Gasteiger partial charge in [0.2, 0.25) is 0 Å². The quantitative estimate of drug-likeness (QED) is 0.812. The van der Waals surface area contributed by atoms with E-state index in [4.69, 9.17) is 21.1 Å². The summed E-state index contributed by atoms with van der Waals surface area (Å²) in [5.41, 5.74) is 2.18. The van der Waals surface area contributed by atoms with E-state index in [1.165, 1.54) is 13.0 Å². The molecule has 0 atom stereocenters. The molecule has 0 amide bonds. The smallest absolute Gasteiger partial charge is 0.141 e. The number of quaternary nitrogens is 1. The zero-order valence-electron chi connectivity index (χ0n) is 12.5. The zero-order chi connectivity index (χ0) is 14.4. The van der Waals surface area contributed by atoms with E-state index in [0.717, 1.165) is 61.2 Å². The van der Waals surface area contributed by atoms with Gasteiger partial charge in [0.15, 0.2) is 0 Å². The molecule has 1 aromatic carbocycles. The van der Waals surface area contributed by atoms with E-state index < -0.39 is 0 Å². The van der Waals surface area contributed by atoms with Gasteiger partial charge >= 0.3 is 0 Å². The Balaban J connectivity index is 1.69. The molecule has 0 saturated carbocycles. The van der Waals surface area contributed by atoms with E-state index in [-0.39, 0.29) is 0 Å². The van der Waals surface area contributed by atoms with Gasteiger partial charge < -0.3 is 14.4 Å². The summed E-state index contributed by atoms with van der Waals surface area (Å²) >= 11 is 6.29. The summed E-state index contributed by atoms with van der Waals surface area (Å²) < 4.78 is 11.2. The molecule has 0 spiro atoms. The molecule has 0 radical (unpaired) electrons. The van der Waals surface area contributed by atoms with Crippen molar-refractivity contribution in [1.82, 2.24) is 0 Å². The highest BCUT2D eigenvalue weighted by Crippen LogP contribution is 2.31. The minimum Gasteiger partial charge on any atom is -0.492 e. The van der Waals surface area contributed by atoms with Crippen LogP contribution in [0.3, 0.4) is 0 Å². The highest BCUT2D eigenvalue weighted by Gasteiger charge is 2.13. The number of benzene rings is 1. The molecular weight excluding hydrogens is 274 g/mol. The number of rotatable bonds is 6. The summed E-state index contributed by atoms with van der Waals surface area (Å²) in [6.07, 6.45) is 2.27. The molecule has 4 heteroatoms. The predicted octanol–water partition coefficient (Wildman–Crippen LogP) is 2.03. The molecule has 1 saturated heterocycles. The van der Waals surface area contributed by atoms with Crippen LogP contribution in [-0.2, 0) is 4.74 Å². The van der Waals surface area contributed by atoms with E-state index >= 15 is 0 Å². The van der Waals surface area contributed by atoms with Gasteiger partial charge in [-0.3, -0.25) is 0 Å². The van der Waals surface area contributed by atoms with E-state index in [0.29, 0.717) is 0 Å². The van der Waals surface area contributed by atoms with Gasteiger partial charge in [0.05, 0.1) is 31.4 Å². The fourth-order valence-electron chi connectivity index (χ4n) is 2.49. The third-order valence-corrected chi connectivity index (χ3v) is 4.33. The molecule has 0 aromatic heterocycles. The van der Waals surface area contributed by atoms with Gasteiger partial charge in [-0.05, 0) is 37.8 Å². The monoisotopic (exact) mass is 298 g/mol. The molecule has 1 aromatic rings. The van der Waals surface area contributed by atoms with Gasteiger partial charge in [0.1, 0.15) is 18.8 Å². The number of nitrogens with one attached hydrogen (secondary N) is 1.